The molecule has 0 aromatic heterocycles. The van der Waals surface area contributed by atoms with Crippen LogP contribution < -0.4 is 20.7 Å². The number of aliphatic imine (C=N–C) groups is 1. The molecule has 2 aromatic rings. The average Bonchev–Trinajstić information content (AvgIpc) is 2.71. The Hall–Kier alpha value is -2.07. The monoisotopic (exact) mass is 548 g/mol. The summed E-state index contributed by atoms with van der Waals surface area (Å²) < 4.78 is 18.7. The van der Waals surface area contributed by atoms with Gasteiger partial charge in [-0.1, -0.05) is 23.7 Å². The molecule has 1 atom stereocenters. The van der Waals surface area contributed by atoms with Gasteiger partial charge in [-0.15, -0.1) is 24.0 Å². The van der Waals surface area contributed by atoms with E-state index >= 15 is 0 Å². The molecule has 2 aromatic carbocycles. The van der Waals surface area contributed by atoms with Crippen LogP contribution in [0.25, 0.3) is 0 Å². The maximum Gasteiger partial charge on any atom is 0.252 e. The Balaban J connectivity index is 0.00000450. The van der Waals surface area contributed by atoms with Crippen molar-refractivity contribution >= 4 is 47.4 Å². The third-order valence-electron chi connectivity index (χ3n) is 3.82. The first-order valence-electron chi connectivity index (χ1n) is 9.46. The summed E-state index contributed by atoms with van der Waals surface area (Å²) in [6, 6.07) is 12.8. The van der Waals surface area contributed by atoms with Gasteiger partial charge in [-0.05, 0) is 50.2 Å². The van der Waals surface area contributed by atoms with Gasteiger partial charge >= 0.3 is 0 Å². The lowest BCUT2D eigenvalue weighted by Crippen LogP contribution is -2.42. The summed E-state index contributed by atoms with van der Waals surface area (Å²) in [6.45, 7) is 5.88. The van der Waals surface area contributed by atoms with Gasteiger partial charge in [-0.25, -0.2) is 9.38 Å². The van der Waals surface area contributed by atoms with Crippen molar-refractivity contribution < 1.29 is 13.9 Å². The molecule has 1 unspecified atom stereocenters. The summed E-state index contributed by atoms with van der Waals surface area (Å²) in [4.78, 5) is 16.6. The zero-order valence-corrected chi connectivity index (χ0v) is 20.0. The van der Waals surface area contributed by atoms with E-state index in [1.54, 1.807) is 36.4 Å². The van der Waals surface area contributed by atoms with Crippen molar-refractivity contribution in [2.75, 3.05) is 26.2 Å². The first kappa shape index (κ1) is 26.0. The predicted molar refractivity (Wildman–Crippen MR) is 130 cm³/mol. The number of amides is 1. The van der Waals surface area contributed by atoms with Gasteiger partial charge < -0.3 is 20.7 Å². The van der Waals surface area contributed by atoms with Crippen LogP contribution in [0.1, 0.15) is 24.2 Å². The molecule has 2 rings (SSSR count). The van der Waals surface area contributed by atoms with Crippen molar-refractivity contribution in [1.82, 2.24) is 16.0 Å². The Kier molecular flexibility index (Phi) is 12.1. The molecule has 0 aliphatic rings. The summed E-state index contributed by atoms with van der Waals surface area (Å²) >= 11 is 6.02. The van der Waals surface area contributed by atoms with Gasteiger partial charge in [0, 0.05) is 19.6 Å². The largest absolute Gasteiger partial charge is 0.489 e. The summed E-state index contributed by atoms with van der Waals surface area (Å²) in [5, 5.41) is 9.53. The summed E-state index contributed by atoms with van der Waals surface area (Å²) in [5.41, 5.74) is 0.446. The molecular formula is C21H27ClFIN4O2. The second kappa shape index (κ2) is 14.0. The van der Waals surface area contributed by atoms with Crippen LogP contribution in [0.2, 0.25) is 5.02 Å². The van der Waals surface area contributed by atoms with E-state index in [2.05, 4.69) is 20.9 Å². The highest BCUT2D eigenvalue weighted by Crippen LogP contribution is 2.14. The lowest BCUT2D eigenvalue weighted by atomic mass is 10.2. The molecule has 0 aliphatic heterocycles. The van der Waals surface area contributed by atoms with Gasteiger partial charge in [0.2, 0.25) is 0 Å². The van der Waals surface area contributed by atoms with Gasteiger partial charge in [-0.2, -0.15) is 0 Å². The smallest absolute Gasteiger partial charge is 0.252 e. The van der Waals surface area contributed by atoms with Crippen LogP contribution >= 0.6 is 35.6 Å². The van der Waals surface area contributed by atoms with Crippen molar-refractivity contribution in [2.45, 2.75) is 20.0 Å². The maximum atomic E-state index is 12.9. The van der Waals surface area contributed by atoms with E-state index in [0.717, 1.165) is 0 Å². The molecule has 0 spiro atoms. The molecule has 1 amide bonds. The zero-order chi connectivity index (χ0) is 21.1. The number of rotatable bonds is 9. The Labute approximate surface area is 198 Å². The minimum absolute atomic E-state index is 0. The molecule has 30 heavy (non-hydrogen) atoms. The number of nitrogens with zero attached hydrogens (tertiary/aromatic N) is 1. The van der Waals surface area contributed by atoms with Crippen molar-refractivity contribution in [3.05, 3.63) is 64.9 Å². The lowest BCUT2D eigenvalue weighted by molar-refractivity contribution is 0.0954. The van der Waals surface area contributed by atoms with Gasteiger partial charge in [0.15, 0.2) is 5.96 Å². The maximum absolute atomic E-state index is 12.9. The van der Waals surface area contributed by atoms with Crippen LogP contribution in [-0.2, 0) is 0 Å². The zero-order valence-electron chi connectivity index (χ0n) is 17.0. The topological polar surface area (TPSA) is 74.8 Å². The second-order valence-electron chi connectivity index (χ2n) is 6.26. The summed E-state index contributed by atoms with van der Waals surface area (Å²) in [5.74, 6) is 0.687. The van der Waals surface area contributed by atoms with Gasteiger partial charge in [-0.3, -0.25) is 4.79 Å². The lowest BCUT2D eigenvalue weighted by Gasteiger charge is -2.15. The molecule has 0 saturated carbocycles. The molecule has 3 N–H and O–H groups in total. The Morgan fingerprint density at radius 2 is 1.77 bits per heavy atom. The molecule has 0 fully saturated rings. The van der Waals surface area contributed by atoms with E-state index < -0.39 is 0 Å². The highest BCUT2D eigenvalue weighted by molar-refractivity contribution is 14.0. The van der Waals surface area contributed by atoms with Crippen LogP contribution in [0, 0.1) is 5.82 Å². The Morgan fingerprint density at radius 3 is 2.43 bits per heavy atom. The fourth-order valence-electron chi connectivity index (χ4n) is 2.44. The number of hydrogen-bond donors (Lipinski definition) is 3. The number of hydrogen-bond acceptors (Lipinski definition) is 3. The van der Waals surface area contributed by atoms with Gasteiger partial charge in [0.05, 0.1) is 17.1 Å². The number of halogens is 3. The number of guanidine groups is 1. The Bertz CT molecular complexity index is 821. The normalized spacial score (nSPS) is 11.8. The van der Waals surface area contributed by atoms with Gasteiger partial charge in [0.25, 0.3) is 5.91 Å². The van der Waals surface area contributed by atoms with Crippen molar-refractivity contribution in [3.63, 3.8) is 0 Å². The number of nitrogens with one attached hydrogen (secondary N) is 3. The highest BCUT2D eigenvalue weighted by Gasteiger charge is 2.09. The van der Waals surface area contributed by atoms with Crippen molar-refractivity contribution in [2.24, 2.45) is 4.99 Å². The number of benzene rings is 2. The Morgan fingerprint density at radius 1 is 1.10 bits per heavy atom. The third-order valence-corrected chi connectivity index (χ3v) is 4.15. The molecule has 164 valence electrons. The van der Waals surface area contributed by atoms with Crippen LogP contribution in [0.15, 0.2) is 53.5 Å². The van der Waals surface area contributed by atoms with Crippen molar-refractivity contribution in [3.8, 4) is 5.75 Å². The highest BCUT2D eigenvalue weighted by atomic mass is 127. The molecule has 9 heteroatoms. The molecule has 0 saturated heterocycles. The van der Waals surface area contributed by atoms with Crippen LogP contribution in [0.4, 0.5) is 4.39 Å². The molecule has 0 heterocycles. The number of carbonyl (C=O) groups excluding carboxylic acids is 1. The van der Waals surface area contributed by atoms with Gasteiger partial charge in [0.1, 0.15) is 17.7 Å². The molecule has 0 radical (unpaired) electrons. The van der Waals surface area contributed by atoms with E-state index in [9.17, 15) is 9.18 Å². The van der Waals surface area contributed by atoms with Crippen molar-refractivity contribution in [1.29, 1.82) is 0 Å². The standard InChI is InChI=1S/C21H26ClFN4O2.HI/c1-3-24-21(27-14-15(2)29-17-10-8-16(23)9-11-17)26-13-12-25-20(28)18-6-4-5-7-19(18)22;/h4-11,15H,3,12-14H2,1-2H3,(H,25,28)(H2,24,26,27);1H. The fraction of sp³-hybridized carbons (Fsp3) is 0.333. The first-order chi connectivity index (χ1) is 14.0. The summed E-state index contributed by atoms with van der Waals surface area (Å²) in [6.07, 6.45) is -0.184. The predicted octanol–water partition coefficient (Wildman–Crippen LogP) is 3.85. The third kappa shape index (κ3) is 9.17. The average molecular weight is 549 g/mol. The molecule has 0 aliphatic carbocycles. The van der Waals surface area contributed by atoms with E-state index in [-0.39, 0.29) is 41.8 Å². The molecular weight excluding hydrogens is 522 g/mol. The van der Waals surface area contributed by atoms with E-state index in [4.69, 9.17) is 16.3 Å². The molecule has 0 bridgehead atoms. The van der Waals surface area contributed by atoms with E-state index in [1.165, 1.54) is 12.1 Å². The minimum atomic E-state index is -0.303. The molecule has 6 nitrogen and oxygen atoms in total. The van der Waals surface area contributed by atoms with Crippen LogP contribution in [0.3, 0.4) is 0 Å². The van der Waals surface area contributed by atoms with Crippen LogP contribution in [0.5, 0.6) is 5.75 Å². The van der Waals surface area contributed by atoms with Crippen LogP contribution in [-0.4, -0.2) is 44.1 Å². The first-order valence-corrected chi connectivity index (χ1v) is 9.84. The minimum Gasteiger partial charge on any atom is -0.489 e. The quantitative estimate of drug-likeness (QED) is 0.193. The number of carbonyl (C=O) groups is 1. The number of ether oxygens (including phenoxy) is 1. The van der Waals surface area contributed by atoms with E-state index in [0.29, 0.717) is 48.5 Å². The van der Waals surface area contributed by atoms with E-state index in [1.807, 2.05) is 13.8 Å². The summed E-state index contributed by atoms with van der Waals surface area (Å²) in [7, 11) is 0. The second-order valence-corrected chi connectivity index (χ2v) is 6.67. The SMILES string of the molecule is CCNC(=NCC(C)Oc1ccc(F)cc1)NCCNC(=O)c1ccccc1Cl.I. The fourth-order valence-corrected chi connectivity index (χ4v) is 2.66.